The van der Waals surface area contributed by atoms with Crippen molar-refractivity contribution in [1.29, 1.82) is 0 Å². The van der Waals surface area contributed by atoms with Gasteiger partial charge in [0.2, 0.25) is 5.95 Å². The van der Waals surface area contributed by atoms with E-state index in [-0.39, 0.29) is 18.0 Å². The minimum absolute atomic E-state index is 0.0188. The van der Waals surface area contributed by atoms with E-state index in [0.29, 0.717) is 18.7 Å². The number of nitrogens with one attached hydrogen (secondary N) is 2. The van der Waals surface area contributed by atoms with E-state index >= 15 is 0 Å². The second kappa shape index (κ2) is 3.95. The van der Waals surface area contributed by atoms with E-state index in [1.54, 1.807) is 6.20 Å². The molecule has 4 N–H and O–H groups in total. The third-order valence-electron chi connectivity index (χ3n) is 3.84. The molecular weight excluding hydrogens is 260 g/mol. The largest absolute Gasteiger partial charge is 0.368 e. The van der Waals surface area contributed by atoms with Gasteiger partial charge in [-0.1, -0.05) is 0 Å². The Morgan fingerprint density at radius 2 is 2.25 bits per heavy atom. The molecule has 0 radical (unpaired) electrons. The van der Waals surface area contributed by atoms with Gasteiger partial charge in [0.1, 0.15) is 5.82 Å². The Labute approximate surface area is 114 Å². The number of rotatable bonds is 1. The monoisotopic (exact) mass is 274 g/mol. The molecule has 9 heteroatoms. The van der Waals surface area contributed by atoms with Gasteiger partial charge >= 0.3 is 6.03 Å². The minimum Gasteiger partial charge on any atom is -0.368 e. The quantitative estimate of drug-likeness (QED) is 0.623. The van der Waals surface area contributed by atoms with E-state index in [1.807, 2.05) is 4.90 Å². The Morgan fingerprint density at radius 3 is 3.15 bits per heavy atom. The summed E-state index contributed by atoms with van der Waals surface area (Å²) in [6.45, 7) is 2.81. The van der Waals surface area contributed by atoms with Crippen molar-refractivity contribution >= 4 is 28.8 Å². The number of hydrogen-bond donors (Lipinski definition) is 3. The molecule has 104 valence electrons. The van der Waals surface area contributed by atoms with Gasteiger partial charge in [0.15, 0.2) is 5.65 Å². The van der Waals surface area contributed by atoms with Gasteiger partial charge in [-0.25, -0.2) is 4.79 Å². The Kier molecular flexibility index (Phi) is 2.23. The topological polar surface area (TPSA) is 116 Å². The van der Waals surface area contributed by atoms with Crippen LogP contribution in [0.25, 0.3) is 11.0 Å². The number of urea groups is 1. The van der Waals surface area contributed by atoms with Crippen molar-refractivity contribution in [1.82, 2.24) is 30.4 Å². The lowest BCUT2D eigenvalue weighted by Crippen LogP contribution is -2.52. The standard InChI is InChI=1S/C11H14N8O/c12-10-15-8-7(4-14-17-8)9(16-10)18-1-2-19-6(5-18)3-13-11(19)20/h4,6H,1-3,5H2,(H,13,20)(H3,12,14,15,16,17). The summed E-state index contributed by atoms with van der Waals surface area (Å²) < 4.78 is 0. The average molecular weight is 274 g/mol. The van der Waals surface area contributed by atoms with Crippen LogP contribution in [0.4, 0.5) is 16.6 Å². The van der Waals surface area contributed by atoms with Gasteiger partial charge in [-0.05, 0) is 0 Å². The summed E-state index contributed by atoms with van der Waals surface area (Å²) in [7, 11) is 0. The Bertz CT molecular complexity index is 682. The van der Waals surface area contributed by atoms with Crippen LogP contribution >= 0.6 is 0 Å². The smallest absolute Gasteiger partial charge is 0.317 e. The second-order valence-electron chi connectivity index (χ2n) is 5.02. The summed E-state index contributed by atoms with van der Waals surface area (Å²) in [5.74, 6) is 1.00. The number of amides is 2. The van der Waals surface area contributed by atoms with E-state index in [1.165, 1.54) is 0 Å². The van der Waals surface area contributed by atoms with E-state index in [2.05, 4.69) is 30.4 Å². The lowest BCUT2D eigenvalue weighted by atomic mass is 10.2. The molecule has 2 aromatic heterocycles. The number of carbonyl (C=O) groups is 1. The number of fused-ring (bicyclic) bond motifs is 2. The molecule has 2 aromatic rings. The molecule has 1 unspecified atom stereocenters. The maximum Gasteiger partial charge on any atom is 0.317 e. The zero-order valence-electron chi connectivity index (χ0n) is 10.7. The first-order chi connectivity index (χ1) is 9.72. The zero-order chi connectivity index (χ0) is 13.7. The zero-order valence-corrected chi connectivity index (χ0v) is 10.7. The van der Waals surface area contributed by atoms with Gasteiger partial charge in [0, 0.05) is 26.2 Å². The van der Waals surface area contributed by atoms with Crippen LogP contribution in [0.3, 0.4) is 0 Å². The SMILES string of the molecule is Nc1nc(N2CCN3C(=O)NCC3C2)c2cn[nH]c2n1. The predicted octanol–water partition coefficient (Wildman–Crippen LogP) is -0.851. The summed E-state index contributed by atoms with van der Waals surface area (Å²) in [5.41, 5.74) is 6.38. The lowest BCUT2D eigenvalue weighted by molar-refractivity contribution is 0.197. The lowest BCUT2D eigenvalue weighted by Gasteiger charge is -2.37. The molecule has 1 atom stereocenters. The summed E-state index contributed by atoms with van der Waals surface area (Å²) in [6, 6.07) is 0.194. The van der Waals surface area contributed by atoms with Crippen molar-refractivity contribution < 1.29 is 4.79 Å². The normalized spacial score (nSPS) is 22.2. The third kappa shape index (κ3) is 1.55. The molecule has 2 saturated heterocycles. The van der Waals surface area contributed by atoms with Crippen molar-refractivity contribution in [3.63, 3.8) is 0 Å². The number of nitrogens with zero attached hydrogens (tertiary/aromatic N) is 5. The van der Waals surface area contributed by atoms with Crippen LogP contribution < -0.4 is 16.0 Å². The maximum atomic E-state index is 11.6. The van der Waals surface area contributed by atoms with Gasteiger partial charge in [-0.3, -0.25) is 5.10 Å². The number of H-pyrrole nitrogens is 1. The first kappa shape index (κ1) is 11.3. The van der Waals surface area contributed by atoms with Crippen LogP contribution in [-0.2, 0) is 0 Å². The molecule has 0 aromatic carbocycles. The van der Waals surface area contributed by atoms with Crippen molar-refractivity contribution in [3.8, 4) is 0 Å². The molecule has 2 amide bonds. The molecule has 9 nitrogen and oxygen atoms in total. The molecule has 4 rings (SSSR count). The predicted molar refractivity (Wildman–Crippen MR) is 72.2 cm³/mol. The fraction of sp³-hybridized carbons (Fsp3) is 0.455. The number of aromatic amines is 1. The van der Waals surface area contributed by atoms with Gasteiger partial charge in [0.05, 0.1) is 17.6 Å². The minimum atomic E-state index is 0.0188. The number of aromatic nitrogens is 4. The average Bonchev–Trinajstić information content (AvgIpc) is 3.04. The van der Waals surface area contributed by atoms with Crippen LogP contribution in [0.1, 0.15) is 0 Å². The van der Waals surface area contributed by atoms with Crippen LogP contribution in [-0.4, -0.2) is 63.3 Å². The molecule has 0 spiro atoms. The number of carbonyl (C=O) groups excluding carboxylic acids is 1. The van der Waals surface area contributed by atoms with E-state index in [0.717, 1.165) is 24.3 Å². The van der Waals surface area contributed by atoms with E-state index in [4.69, 9.17) is 5.73 Å². The van der Waals surface area contributed by atoms with Gasteiger partial charge in [-0.15, -0.1) is 0 Å². The molecule has 0 saturated carbocycles. The van der Waals surface area contributed by atoms with Gasteiger partial charge < -0.3 is 20.9 Å². The molecule has 20 heavy (non-hydrogen) atoms. The highest BCUT2D eigenvalue weighted by Crippen LogP contribution is 2.26. The summed E-state index contributed by atoms with van der Waals surface area (Å²) in [6.07, 6.45) is 1.70. The summed E-state index contributed by atoms with van der Waals surface area (Å²) in [4.78, 5) is 24.1. The number of nitrogens with two attached hydrogens (primary N) is 1. The van der Waals surface area contributed by atoms with Gasteiger partial charge in [-0.2, -0.15) is 15.1 Å². The molecular formula is C11H14N8O. The Morgan fingerprint density at radius 1 is 1.35 bits per heavy atom. The molecule has 4 heterocycles. The summed E-state index contributed by atoms with van der Waals surface area (Å²) in [5, 5.41) is 10.5. The van der Waals surface area contributed by atoms with Crippen LogP contribution in [0.5, 0.6) is 0 Å². The van der Waals surface area contributed by atoms with Gasteiger partial charge in [0.25, 0.3) is 0 Å². The Balaban J connectivity index is 1.70. The van der Waals surface area contributed by atoms with Crippen molar-refractivity contribution in [3.05, 3.63) is 6.20 Å². The van der Waals surface area contributed by atoms with Crippen molar-refractivity contribution in [2.45, 2.75) is 6.04 Å². The highest BCUT2D eigenvalue weighted by atomic mass is 16.2. The van der Waals surface area contributed by atoms with Crippen LogP contribution in [0.2, 0.25) is 0 Å². The first-order valence-corrected chi connectivity index (χ1v) is 6.48. The highest BCUT2D eigenvalue weighted by Gasteiger charge is 2.36. The molecule has 2 aliphatic heterocycles. The highest BCUT2D eigenvalue weighted by molar-refractivity contribution is 5.87. The number of nitrogen functional groups attached to an aromatic ring is 1. The number of hydrogen-bond acceptors (Lipinski definition) is 6. The number of anilines is 2. The third-order valence-corrected chi connectivity index (χ3v) is 3.84. The fourth-order valence-corrected chi connectivity index (χ4v) is 2.87. The van der Waals surface area contributed by atoms with Crippen molar-refractivity contribution in [2.24, 2.45) is 0 Å². The first-order valence-electron chi connectivity index (χ1n) is 6.48. The maximum absolute atomic E-state index is 11.6. The molecule has 0 aliphatic carbocycles. The van der Waals surface area contributed by atoms with Crippen LogP contribution in [0, 0.1) is 0 Å². The molecule has 2 fully saturated rings. The fourth-order valence-electron chi connectivity index (χ4n) is 2.87. The molecule has 0 bridgehead atoms. The van der Waals surface area contributed by atoms with E-state index < -0.39 is 0 Å². The van der Waals surface area contributed by atoms with Crippen LogP contribution in [0.15, 0.2) is 6.20 Å². The molecule has 2 aliphatic rings. The number of piperazine rings is 1. The van der Waals surface area contributed by atoms with E-state index in [9.17, 15) is 4.79 Å². The Hall–Kier alpha value is -2.58. The van der Waals surface area contributed by atoms with Crippen molar-refractivity contribution in [2.75, 3.05) is 36.8 Å². The summed E-state index contributed by atoms with van der Waals surface area (Å²) >= 11 is 0. The second-order valence-corrected chi connectivity index (χ2v) is 5.02.